The molecule has 7 nitrogen and oxygen atoms in total. The summed E-state index contributed by atoms with van der Waals surface area (Å²) in [4.78, 5) is 16.4. The van der Waals surface area contributed by atoms with E-state index in [1.807, 2.05) is 38.4 Å². The van der Waals surface area contributed by atoms with Crippen LogP contribution < -0.4 is 5.32 Å². The molecule has 1 aromatic rings. The molecule has 2 amide bonds. The highest BCUT2D eigenvalue weighted by Crippen LogP contribution is 2.21. The lowest BCUT2D eigenvalue weighted by atomic mass is 10.0. The predicted octanol–water partition coefficient (Wildman–Crippen LogP) is 1.23. The van der Waals surface area contributed by atoms with Crippen LogP contribution in [0.25, 0.3) is 0 Å². The smallest absolute Gasteiger partial charge is 0.317 e. The van der Waals surface area contributed by atoms with Gasteiger partial charge in [-0.1, -0.05) is 6.92 Å². The number of likely N-dealkylation sites (N-methyl/N-ethyl adjacent to an activating group) is 1. The van der Waals surface area contributed by atoms with E-state index in [0.29, 0.717) is 26.2 Å². The van der Waals surface area contributed by atoms with Gasteiger partial charge < -0.3 is 19.9 Å². The number of aryl methyl sites for hydroxylation is 1. The lowest BCUT2D eigenvalue weighted by Crippen LogP contribution is -2.55. The molecule has 0 bridgehead atoms. The van der Waals surface area contributed by atoms with Crippen molar-refractivity contribution in [3.05, 3.63) is 18.0 Å². The summed E-state index contributed by atoms with van der Waals surface area (Å²) < 4.78 is 7.57. The minimum Gasteiger partial charge on any atom is -0.372 e. The van der Waals surface area contributed by atoms with Gasteiger partial charge in [0, 0.05) is 31.9 Å². The molecule has 0 aliphatic carbocycles. The van der Waals surface area contributed by atoms with Gasteiger partial charge in [0.05, 0.1) is 31.0 Å². The van der Waals surface area contributed by atoms with Crippen molar-refractivity contribution in [1.29, 1.82) is 0 Å². The van der Waals surface area contributed by atoms with Crippen LogP contribution in [0, 0.1) is 0 Å². The molecule has 23 heavy (non-hydrogen) atoms. The van der Waals surface area contributed by atoms with Gasteiger partial charge in [0.25, 0.3) is 0 Å². The van der Waals surface area contributed by atoms with E-state index in [4.69, 9.17) is 4.74 Å². The van der Waals surface area contributed by atoms with Crippen LogP contribution in [-0.2, 0) is 11.8 Å². The SMILES string of the molecule is CC[C@@]1(C)CN(C(=O)NC[C@@H](c2cnn(C)c2)N(C)C)CCO1. The van der Waals surface area contributed by atoms with E-state index in [2.05, 4.69) is 29.2 Å². The maximum absolute atomic E-state index is 12.5. The number of ether oxygens (including phenoxy) is 1. The summed E-state index contributed by atoms with van der Waals surface area (Å²) in [5.74, 6) is 0. The van der Waals surface area contributed by atoms with Crippen LogP contribution in [0.15, 0.2) is 12.4 Å². The van der Waals surface area contributed by atoms with Crippen molar-refractivity contribution in [3.8, 4) is 0 Å². The highest BCUT2D eigenvalue weighted by Gasteiger charge is 2.32. The summed E-state index contributed by atoms with van der Waals surface area (Å²) in [6.07, 6.45) is 4.73. The standard InChI is InChI=1S/C16H29N5O2/c1-6-16(2)12-21(7-8-23-16)15(22)17-10-14(19(3)4)13-9-18-20(5)11-13/h9,11,14H,6-8,10,12H2,1-5H3,(H,17,22)/t14-,16-/m0/s1. The quantitative estimate of drug-likeness (QED) is 0.885. The number of urea groups is 1. The van der Waals surface area contributed by atoms with Gasteiger partial charge in [0.15, 0.2) is 0 Å². The fraction of sp³-hybridized carbons (Fsp3) is 0.750. The largest absolute Gasteiger partial charge is 0.372 e. The topological polar surface area (TPSA) is 62.6 Å². The fourth-order valence-corrected chi connectivity index (χ4v) is 2.82. The van der Waals surface area contributed by atoms with Crippen molar-refractivity contribution in [2.45, 2.75) is 31.9 Å². The molecule has 1 aromatic heterocycles. The fourth-order valence-electron chi connectivity index (χ4n) is 2.82. The third-order valence-electron chi connectivity index (χ3n) is 4.55. The number of nitrogens with zero attached hydrogens (tertiary/aromatic N) is 4. The number of hydrogen-bond acceptors (Lipinski definition) is 4. The number of aromatic nitrogens is 2. The van der Waals surface area contributed by atoms with E-state index in [1.54, 1.807) is 4.68 Å². The second-order valence-electron chi connectivity index (χ2n) is 6.69. The normalized spacial score (nSPS) is 23.1. The highest BCUT2D eigenvalue weighted by molar-refractivity contribution is 5.74. The second-order valence-corrected chi connectivity index (χ2v) is 6.69. The molecular formula is C16H29N5O2. The summed E-state index contributed by atoms with van der Waals surface area (Å²) in [7, 11) is 5.91. The highest BCUT2D eigenvalue weighted by atomic mass is 16.5. The Morgan fingerprint density at radius 2 is 2.30 bits per heavy atom. The summed E-state index contributed by atoms with van der Waals surface area (Å²) >= 11 is 0. The molecule has 1 aliphatic rings. The van der Waals surface area contributed by atoms with E-state index < -0.39 is 0 Å². The van der Waals surface area contributed by atoms with Crippen molar-refractivity contribution in [1.82, 2.24) is 24.9 Å². The Bertz CT molecular complexity index is 530. The van der Waals surface area contributed by atoms with Gasteiger partial charge in [-0.25, -0.2) is 4.79 Å². The van der Waals surface area contributed by atoms with Gasteiger partial charge >= 0.3 is 6.03 Å². The van der Waals surface area contributed by atoms with Crippen LogP contribution in [0.2, 0.25) is 0 Å². The van der Waals surface area contributed by atoms with Crippen molar-refractivity contribution in [2.24, 2.45) is 7.05 Å². The van der Waals surface area contributed by atoms with Gasteiger partial charge in [0.1, 0.15) is 0 Å². The molecule has 1 N–H and O–H groups in total. The molecule has 1 aliphatic heterocycles. The number of morpholine rings is 1. The summed E-state index contributed by atoms with van der Waals surface area (Å²) in [5, 5.41) is 7.27. The first-order valence-electron chi connectivity index (χ1n) is 8.16. The number of amides is 2. The monoisotopic (exact) mass is 323 g/mol. The summed E-state index contributed by atoms with van der Waals surface area (Å²) in [6.45, 7) is 6.57. The molecule has 1 fully saturated rings. The van der Waals surface area contributed by atoms with Crippen LogP contribution in [-0.4, -0.2) is 71.5 Å². The van der Waals surface area contributed by atoms with Gasteiger partial charge in [0.2, 0.25) is 0 Å². The minimum atomic E-state index is -0.236. The average Bonchev–Trinajstić information content (AvgIpc) is 2.93. The Labute approximate surface area is 138 Å². The van der Waals surface area contributed by atoms with Gasteiger partial charge in [-0.3, -0.25) is 4.68 Å². The Kier molecular flexibility index (Phi) is 5.64. The molecule has 0 spiro atoms. The number of rotatable bonds is 5. The van der Waals surface area contributed by atoms with Crippen LogP contribution >= 0.6 is 0 Å². The first kappa shape index (κ1) is 17.7. The maximum Gasteiger partial charge on any atom is 0.317 e. The molecule has 2 rings (SSSR count). The lowest BCUT2D eigenvalue weighted by Gasteiger charge is -2.40. The van der Waals surface area contributed by atoms with Gasteiger partial charge in [-0.15, -0.1) is 0 Å². The Morgan fingerprint density at radius 3 is 2.87 bits per heavy atom. The molecule has 0 radical (unpaired) electrons. The Hall–Kier alpha value is -1.60. The maximum atomic E-state index is 12.5. The molecule has 0 aromatic carbocycles. The van der Waals surface area contributed by atoms with E-state index in [1.165, 1.54) is 0 Å². The predicted molar refractivity (Wildman–Crippen MR) is 89.3 cm³/mol. The van der Waals surface area contributed by atoms with Crippen molar-refractivity contribution < 1.29 is 9.53 Å². The minimum absolute atomic E-state index is 0.0243. The molecule has 2 heterocycles. The number of carbonyl (C=O) groups is 1. The van der Waals surface area contributed by atoms with Crippen molar-refractivity contribution in [3.63, 3.8) is 0 Å². The zero-order valence-corrected chi connectivity index (χ0v) is 14.9. The van der Waals surface area contributed by atoms with E-state index in [0.717, 1.165) is 12.0 Å². The average molecular weight is 323 g/mol. The van der Waals surface area contributed by atoms with E-state index in [9.17, 15) is 4.79 Å². The van der Waals surface area contributed by atoms with Crippen LogP contribution in [0.4, 0.5) is 4.79 Å². The Balaban J connectivity index is 1.94. The van der Waals surface area contributed by atoms with Crippen molar-refractivity contribution >= 4 is 6.03 Å². The van der Waals surface area contributed by atoms with Crippen LogP contribution in [0.1, 0.15) is 31.9 Å². The third-order valence-corrected chi connectivity index (χ3v) is 4.55. The zero-order valence-electron chi connectivity index (χ0n) is 14.9. The molecule has 0 unspecified atom stereocenters. The summed E-state index contributed by atoms with van der Waals surface area (Å²) in [6, 6.07) is 0.0787. The van der Waals surface area contributed by atoms with E-state index in [-0.39, 0.29) is 17.7 Å². The van der Waals surface area contributed by atoms with Gasteiger partial charge in [-0.2, -0.15) is 5.10 Å². The Morgan fingerprint density at radius 1 is 1.57 bits per heavy atom. The van der Waals surface area contributed by atoms with Crippen molar-refractivity contribution in [2.75, 3.05) is 40.3 Å². The molecular weight excluding hydrogens is 294 g/mol. The number of hydrogen-bond donors (Lipinski definition) is 1. The number of nitrogens with one attached hydrogen (secondary N) is 1. The molecule has 2 atom stereocenters. The first-order valence-corrected chi connectivity index (χ1v) is 8.16. The van der Waals surface area contributed by atoms with Crippen LogP contribution in [0.3, 0.4) is 0 Å². The molecule has 0 saturated carbocycles. The first-order chi connectivity index (χ1) is 10.8. The van der Waals surface area contributed by atoms with Crippen LogP contribution in [0.5, 0.6) is 0 Å². The third kappa shape index (κ3) is 4.45. The summed E-state index contributed by atoms with van der Waals surface area (Å²) in [5.41, 5.74) is 0.859. The zero-order chi connectivity index (χ0) is 17.0. The molecule has 130 valence electrons. The lowest BCUT2D eigenvalue weighted by molar-refractivity contribution is -0.0873. The van der Waals surface area contributed by atoms with Gasteiger partial charge in [-0.05, 0) is 27.4 Å². The van der Waals surface area contributed by atoms with E-state index >= 15 is 0 Å². The number of carbonyl (C=O) groups excluding carboxylic acids is 1. The molecule has 1 saturated heterocycles. The molecule has 7 heteroatoms. The second kappa shape index (κ2) is 7.31.